The van der Waals surface area contributed by atoms with Gasteiger partial charge in [0.25, 0.3) is 0 Å². The molecule has 0 amide bonds. The van der Waals surface area contributed by atoms with E-state index in [0.29, 0.717) is 11.6 Å². The van der Waals surface area contributed by atoms with Crippen LogP contribution in [0.4, 0.5) is 0 Å². The van der Waals surface area contributed by atoms with Gasteiger partial charge in [0.05, 0.1) is 6.61 Å². The highest BCUT2D eigenvalue weighted by Gasteiger charge is 2.10. The Balaban J connectivity index is 2.78. The first-order valence-corrected chi connectivity index (χ1v) is 5.71. The molecule has 0 spiro atoms. The number of aliphatic hydroxyl groups is 1. The average Bonchev–Trinajstić information content (AvgIpc) is 2.26. The maximum absolute atomic E-state index is 8.91. The SMILES string of the molecule is CC(CO)COc1ccc(Cl)cc1[C@H](C)N. The van der Waals surface area contributed by atoms with Crippen LogP contribution in [0.2, 0.25) is 5.02 Å². The number of hydrogen-bond acceptors (Lipinski definition) is 3. The lowest BCUT2D eigenvalue weighted by atomic mass is 10.1. The molecule has 0 aliphatic carbocycles. The van der Waals surface area contributed by atoms with Crippen molar-refractivity contribution in [3.63, 3.8) is 0 Å². The van der Waals surface area contributed by atoms with Crippen LogP contribution < -0.4 is 10.5 Å². The Hall–Kier alpha value is -0.770. The van der Waals surface area contributed by atoms with E-state index in [4.69, 9.17) is 27.2 Å². The Bertz CT molecular complexity index is 342. The van der Waals surface area contributed by atoms with Crippen molar-refractivity contribution in [1.82, 2.24) is 0 Å². The molecule has 0 saturated heterocycles. The molecule has 0 aliphatic rings. The topological polar surface area (TPSA) is 55.5 Å². The van der Waals surface area contributed by atoms with Crippen LogP contribution in [0, 0.1) is 5.92 Å². The Morgan fingerprint density at radius 3 is 2.69 bits per heavy atom. The van der Waals surface area contributed by atoms with Crippen LogP contribution in [0.5, 0.6) is 5.75 Å². The van der Waals surface area contributed by atoms with Gasteiger partial charge in [-0.3, -0.25) is 0 Å². The molecule has 1 unspecified atom stereocenters. The van der Waals surface area contributed by atoms with Crippen molar-refractivity contribution in [3.8, 4) is 5.75 Å². The molecule has 4 heteroatoms. The van der Waals surface area contributed by atoms with Crippen LogP contribution in [0.1, 0.15) is 25.5 Å². The predicted molar refractivity (Wildman–Crippen MR) is 65.8 cm³/mol. The van der Waals surface area contributed by atoms with Crippen LogP contribution in [0.15, 0.2) is 18.2 Å². The van der Waals surface area contributed by atoms with Crippen molar-refractivity contribution in [2.45, 2.75) is 19.9 Å². The van der Waals surface area contributed by atoms with E-state index in [-0.39, 0.29) is 18.6 Å². The van der Waals surface area contributed by atoms with Gasteiger partial charge in [-0.15, -0.1) is 0 Å². The zero-order chi connectivity index (χ0) is 12.1. The molecule has 2 atom stereocenters. The summed E-state index contributed by atoms with van der Waals surface area (Å²) >= 11 is 5.90. The van der Waals surface area contributed by atoms with Gasteiger partial charge < -0.3 is 15.6 Å². The lowest BCUT2D eigenvalue weighted by molar-refractivity contribution is 0.173. The summed E-state index contributed by atoms with van der Waals surface area (Å²) in [5.74, 6) is 0.844. The van der Waals surface area contributed by atoms with E-state index in [0.717, 1.165) is 11.3 Å². The average molecular weight is 244 g/mol. The second kappa shape index (κ2) is 6.09. The minimum Gasteiger partial charge on any atom is -0.493 e. The van der Waals surface area contributed by atoms with E-state index in [1.165, 1.54) is 0 Å². The third-order valence-corrected chi connectivity index (χ3v) is 2.53. The standard InChI is InChI=1S/C12H18ClNO2/c1-8(6-15)7-16-12-4-3-10(13)5-11(12)9(2)14/h3-5,8-9,15H,6-7,14H2,1-2H3/t8?,9-/m0/s1. The Labute approximate surface area is 101 Å². The van der Waals surface area contributed by atoms with Crippen LogP contribution in [0.3, 0.4) is 0 Å². The van der Waals surface area contributed by atoms with Crippen LogP contribution in [-0.4, -0.2) is 18.3 Å². The van der Waals surface area contributed by atoms with Gasteiger partial charge in [0.1, 0.15) is 5.75 Å². The van der Waals surface area contributed by atoms with E-state index in [1.54, 1.807) is 6.07 Å². The van der Waals surface area contributed by atoms with E-state index in [1.807, 2.05) is 26.0 Å². The smallest absolute Gasteiger partial charge is 0.124 e. The molecule has 0 fully saturated rings. The minimum atomic E-state index is -0.127. The molecule has 0 saturated carbocycles. The second-order valence-corrected chi connectivity index (χ2v) is 4.51. The van der Waals surface area contributed by atoms with Gasteiger partial charge in [0, 0.05) is 29.2 Å². The molecule has 3 N–H and O–H groups in total. The highest BCUT2D eigenvalue weighted by molar-refractivity contribution is 6.30. The molecule has 0 heterocycles. The first-order valence-electron chi connectivity index (χ1n) is 5.33. The summed E-state index contributed by atoms with van der Waals surface area (Å²) in [7, 11) is 0. The highest BCUT2D eigenvalue weighted by Crippen LogP contribution is 2.27. The van der Waals surface area contributed by atoms with E-state index in [2.05, 4.69) is 0 Å². The molecule has 16 heavy (non-hydrogen) atoms. The summed E-state index contributed by atoms with van der Waals surface area (Å²) in [5, 5.41) is 9.56. The summed E-state index contributed by atoms with van der Waals surface area (Å²) in [6, 6.07) is 5.26. The number of nitrogens with two attached hydrogens (primary N) is 1. The van der Waals surface area contributed by atoms with Crippen molar-refractivity contribution in [1.29, 1.82) is 0 Å². The highest BCUT2D eigenvalue weighted by atomic mass is 35.5. The van der Waals surface area contributed by atoms with Gasteiger partial charge in [0.2, 0.25) is 0 Å². The van der Waals surface area contributed by atoms with Gasteiger partial charge in [-0.1, -0.05) is 18.5 Å². The van der Waals surface area contributed by atoms with Gasteiger partial charge >= 0.3 is 0 Å². The van der Waals surface area contributed by atoms with E-state index < -0.39 is 0 Å². The van der Waals surface area contributed by atoms with Crippen LogP contribution in [-0.2, 0) is 0 Å². The first-order chi connectivity index (χ1) is 7.54. The number of benzene rings is 1. The summed E-state index contributed by atoms with van der Waals surface area (Å²) in [6.45, 7) is 4.38. The maximum atomic E-state index is 8.91. The molecule has 3 nitrogen and oxygen atoms in total. The van der Waals surface area contributed by atoms with Crippen molar-refractivity contribution in [2.24, 2.45) is 11.7 Å². The zero-order valence-corrected chi connectivity index (χ0v) is 10.4. The molecule has 0 bridgehead atoms. The molecule has 1 aromatic rings. The van der Waals surface area contributed by atoms with Crippen LogP contribution in [0.25, 0.3) is 0 Å². The predicted octanol–water partition coefficient (Wildman–Crippen LogP) is 2.37. The lowest BCUT2D eigenvalue weighted by Crippen LogP contribution is -2.14. The fraction of sp³-hybridized carbons (Fsp3) is 0.500. The first kappa shape index (κ1) is 13.3. The molecule has 1 aromatic carbocycles. The molecule has 0 radical (unpaired) electrons. The minimum absolute atomic E-state index is 0.108. The van der Waals surface area contributed by atoms with Gasteiger partial charge in [0.15, 0.2) is 0 Å². The lowest BCUT2D eigenvalue weighted by Gasteiger charge is -2.16. The summed E-state index contributed by atoms with van der Waals surface area (Å²) in [4.78, 5) is 0. The van der Waals surface area contributed by atoms with Crippen molar-refractivity contribution < 1.29 is 9.84 Å². The monoisotopic (exact) mass is 243 g/mol. The van der Waals surface area contributed by atoms with E-state index in [9.17, 15) is 0 Å². The molecule has 1 rings (SSSR count). The molecule has 0 aromatic heterocycles. The number of halogens is 1. The Morgan fingerprint density at radius 2 is 2.12 bits per heavy atom. The number of ether oxygens (including phenoxy) is 1. The van der Waals surface area contributed by atoms with Gasteiger partial charge in [-0.2, -0.15) is 0 Å². The van der Waals surface area contributed by atoms with Gasteiger partial charge in [-0.25, -0.2) is 0 Å². The van der Waals surface area contributed by atoms with Crippen molar-refractivity contribution >= 4 is 11.6 Å². The fourth-order valence-electron chi connectivity index (χ4n) is 1.29. The molecule has 0 aliphatic heterocycles. The zero-order valence-electron chi connectivity index (χ0n) is 9.61. The Kier molecular flexibility index (Phi) is 5.06. The maximum Gasteiger partial charge on any atom is 0.124 e. The third-order valence-electron chi connectivity index (χ3n) is 2.30. The quantitative estimate of drug-likeness (QED) is 0.835. The largest absolute Gasteiger partial charge is 0.493 e. The number of rotatable bonds is 5. The molecular formula is C12H18ClNO2. The van der Waals surface area contributed by atoms with Crippen LogP contribution >= 0.6 is 11.6 Å². The second-order valence-electron chi connectivity index (χ2n) is 4.07. The van der Waals surface area contributed by atoms with Gasteiger partial charge in [-0.05, 0) is 25.1 Å². The summed E-state index contributed by atoms with van der Waals surface area (Å²) < 4.78 is 5.61. The van der Waals surface area contributed by atoms with Crippen molar-refractivity contribution in [3.05, 3.63) is 28.8 Å². The third kappa shape index (κ3) is 3.67. The molecular weight excluding hydrogens is 226 g/mol. The van der Waals surface area contributed by atoms with Crippen molar-refractivity contribution in [2.75, 3.05) is 13.2 Å². The summed E-state index contributed by atoms with van der Waals surface area (Å²) in [6.07, 6.45) is 0. The van der Waals surface area contributed by atoms with E-state index >= 15 is 0 Å². The number of hydrogen-bond donors (Lipinski definition) is 2. The molecule has 90 valence electrons. The Morgan fingerprint density at radius 1 is 1.44 bits per heavy atom. The fourth-order valence-corrected chi connectivity index (χ4v) is 1.47. The normalized spacial score (nSPS) is 14.6. The number of aliphatic hydroxyl groups excluding tert-OH is 1. The summed E-state index contributed by atoms with van der Waals surface area (Å²) in [5.41, 5.74) is 6.72.